The van der Waals surface area contributed by atoms with E-state index in [-0.39, 0.29) is 12.4 Å². The van der Waals surface area contributed by atoms with Gasteiger partial charge in [-0.2, -0.15) is 0 Å². The average Bonchev–Trinajstić information content (AvgIpc) is 2.29. The van der Waals surface area contributed by atoms with E-state index in [4.69, 9.17) is 0 Å². The zero-order chi connectivity index (χ0) is 12.3. The number of nitrogens with zero attached hydrogens (tertiary/aromatic N) is 1. The summed E-state index contributed by atoms with van der Waals surface area (Å²) >= 11 is 3.54. The minimum absolute atomic E-state index is 0. The molecule has 102 valence electrons. The molecule has 0 saturated carbocycles. The first-order valence-corrected chi connectivity index (χ1v) is 7.15. The van der Waals surface area contributed by atoms with E-state index in [1.165, 1.54) is 23.1 Å². The van der Waals surface area contributed by atoms with Gasteiger partial charge in [-0.15, -0.1) is 12.4 Å². The molecule has 4 heteroatoms. The average molecular weight is 334 g/mol. The predicted molar refractivity (Wildman–Crippen MR) is 83.7 cm³/mol. The fraction of sp³-hybridized carbons (Fsp3) is 0.571. The Balaban J connectivity index is 0.00000162. The predicted octanol–water partition coefficient (Wildman–Crippen LogP) is 3.27. The van der Waals surface area contributed by atoms with Crippen molar-refractivity contribution < 1.29 is 0 Å². The summed E-state index contributed by atoms with van der Waals surface area (Å²) in [5.74, 6) is 0.595. The summed E-state index contributed by atoms with van der Waals surface area (Å²) in [5, 5.41) is 3.48. The Morgan fingerprint density at radius 1 is 1.50 bits per heavy atom. The molecule has 1 aromatic carbocycles. The lowest BCUT2D eigenvalue weighted by Crippen LogP contribution is -2.49. The number of nitrogens with one attached hydrogen (secondary N) is 1. The standard InChI is InChI=1S/C14H21BrN2.ClH/c1-11(13-4-3-5-14(15)8-13)9-17-7-6-16-12(2)10-17;/h3-5,8,11-12,16H,6-7,9-10H2,1-2H3;1H. The summed E-state index contributed by atoms with van der Waals surface area (Å²) in [6, 6.07) is 9.29. The van der Waals surface area contributed by atoms with Gasteiger partial charge < -0.3 is 5.32 Å². The lowest BCUT2D eigenvalue weighted by molar-refractivity contribution is 0.199. The van der Waals surface area contributed by atoms with Crippen LogP contribution < -0.4 is 5.32 Å². The van der Waals surface area contributed by atoms with Crippen LogP contribution in [-0.2, 0) is 0 Å². The molecule has 1 aromatic rings. The second-order valence-corrected chi connectivity index (χ2v) is 5.99. The molecule has 0 aromatic heterocycles. The number of benzene rings is 1. The maximum absolute atomic E-state index is 3.54. The van der Waals surface area contributed by atoms with Gasteiger partial charge in [0.15, 0.2) is 0 Å². The Morgan fingerprint density at radius 3 is 2.94 bits per heavy atom. The highest BCUT2D eigenvalue weighted by Crippen LogP contribution is 2.21. The van der Waals surface area contributed by atoms with Crippen LogP contribution in [0.2, 0.25) is 0 Å². The van der Waals surface area contributed by atoms with Gasteiger partial charge in [0.05, 0.1) is 0 Å². The fourth-order valence-electron chi connectivity index (χ4n) is 2.48. The number of halogens is 2. The molecular formula is C14H22BrClN2. The monoisotopic (exact) mass is 332 g/mol. The molecule has 2 nitrogen and oxygen atoms in total. The minimum Gasteiger partial charge on any atom is -0.312 e. The van der Waals surface area contributed by atoms with Crippen LogP contribution in [0.4, 0.5) is 0 Å². The third-order valence-electron chi connectivity index (χ3n) is 3.40. The van der Waals surface area contributed by atoms with E-state index in [1.54, 1.807) is 0 Å². The second kappa shape index (κ2) is 7.49. The molecule has 0 bridgehead atoms. The molecule has 2 atom stereocenters. The van der Waals surface area contributed by atoms with Crippen LogP contribution in [0.25, 0.3) is 0 Å². The van der Waals surface area contributed by atoms with E-state index < -0.39 is 0 Å². The molecule has 0 spiro atoms. The summed E-state index contributed by atoms with van der Waals surface area (Å²) in [6.07, 6.45) is 0. The van der Waals surface area contributed by atoms with Crippen molar-refractivity contribution >= 4 is 28.3 Å². The van der Waals surface area contributed by atoms with Gasteiger partial charge in [-0.25, -0.2) is 0 Å². The zero-order valence-electron chi connectivity index (χ0n) is 11.0. The Bertz CT molecular complexity index is 373. The summed E-state index contributed by atoms with van der Waals surface area (Å²) in [5.41, 5.74) is 1.42. The third kappa shape index (κ3) is 4.54. The number of hydrogen-bond acceptors (Lipinski definition) is 2. The SMILES string of the molecule is CC1CN(CC(C)c2cccc(Br)c2)CCN1.Cl. The molecule has 1 aliphatic heterocycles. The Morgan fingerprint density at radius 2 is 2.28 bits per heavy atom. The zero-order valence-corrected chi connectivity index (χ0v) is 13.4. The van der Waals surface area contributed by atoms with Gasteiger partial charge in [0, 0.05) is 36.7 Å². The van der Waals surface area contributed by atoms with Gasteiger partial charge >= 0.3 is 0 Å². The highest BCUT2D eigenvalue weighted by molar-refractivity contribution is 9.10. The van der Waals surface area contributed by atoms with Gasteiger partial charge in [0.1, 0.15) is 0 Å². The van der Waals surface area contributed by atoms with Crippen LogP contribution in [0.15, 0.2) is 28.7 Å². The molecule has 2 unspecified atom stereocenters. The maximum Gasteiger partial charge on any atom is 0.0178 e. The molecular weight excluding hydrogens is 312 g/mol. The van der Waals surface area contributed by atoms with E-state index in [1.807, 2.05) is 0 Å². The summed E-state index contributed by atoms with van der Waals surface area (Å²) < 4.78 is 1.18. The van der Waals surface area contributed by atoms with E-state index in [9.17, 15) is 0 Å². The van der Waals surface area contributed by atoms with Crippen molar-refractivity contribution in [1.82, 2.24) is 10.2 Å². The Hall–Kier alpha value is -0.0900. The first kappa shape index (κ1) is 16.0. The molecule has 0 amide bonds. The number of hydrogen-bond donors (Lipinski definition) is 1. The van der Waals surface area contributed by atoms with Crippen LogP contribution in [-0.4, -0.2) is 37.1 Å². The lowest BCUT2D eigenvalue weighted by Gasteiger charge is -2.33. The summed E-state index contributed by atoms with van der Waals surface area (Å²) in [4.78, 5) is 2.56. The van der Waals surface area contributed by atoms with Crippen molar-refractivity contribution in [3.05, 3.63) is 34.3 Å². The van der Waals surface area contributed by atoms with Gasteiger partial charge in [-0.3, -0.25) is 4.90 Å². The largest absolute Gasteiger partial charge is 0.312 e. The molecule has 2 rings (SSSR count). The van der Waals surface area contributed by atoms with Crippen molar-refractivity contribution in [3.8, 4) is 0 Å². The van der Waals surface area contributed by atoms with Crippen LogP contribution in [0.5, 0.6) is 0 Å². The first-order chi connectivity index (χ1) is 8.15. The van der Waals surface area contributed by atoms with E-state index >= 15 is 0 Å². The highest BCUT2D eigenvalue weighted by Gasteiger charge is 2.18. The smallest absolute Gasteiger partial charge is 0.0178 e. The van der Waals surface area contributed by atoms with Gasteiger partial charge in [0.25, 0.3) is 0 Å². The molecule has 1 fully saturated rings. The highest BCUT2D eigenvalue weighted by atomic mass is 79.9. The Labute approximate surface area is 125 Å². The van der Waals surface area contributed by atoms with Crippen molar-refractivity contribution in [2.75, 3.05) is 26.2 Å². The van der Waals surface area contributed by atoms with Crippen LogP contribution in [0.1, 0.15) is 25.3 Å². The topological polar surface area (TPSA) is 15.3 Å². The molecule has 1 saturated heterocycles. The molecule has 1 aliphatic rings. The Kier molecular flexibility index (Phi) is 6.64. The summed E-state index contributed by atoms with van der Waals surface area (Å²) in [7, 11) is 0. The third-order valence-corrected chi connectivity index (χ3v) is 3.90. The van der Waals surface area contributed by atoms with Gasteiger partial charge in [-0.05, 0) is 30.5 Å². The van der Waals surface area contributed by atoms with Crippen molar-refractivity contribution in [1.29, 1.82) is 0 Å². The molecule has 1 heterocycles. The minimum atomic E-state index is 0. The number of piperazine rings is 1. The second-order valence-electron chi connectivity index (χ2n) is 5.07. The van der Waals surface area contributed by atoms with Crippen molar-refractivity contribution in [2.24, 2.45) is 0 Å². The maximum atomic E-state index is 3.54. The molecule has 0 radical (unpaired) electrons. The quantitative estimate of drug-likeness (QED) is 0.913. The first-order valence-electron chi connectivity index (χ1n) is 6.36. The van der Waals surface area contributed by atoms with Crippen LogP contribution >= 0.6 is 28.3 Å². The lowest BCUT2D eigenvalue weighted by atomic mass is 10.0. The van der Waals surface area contributed by atoms with Crippen LogP contribution in [0.3, 0.4) is 0 Å². The van der Waals surface area contributed by atoms with E-state index in [0.29, 0.717) is 12.0 Å². The van der Waals surface area contributed by atoms with Gasteiger partial charge in [-0.1, -0.05) is 35.0 Å². The number of rotatable bonds is 3. The summed E-state index contributed by atoms with van der Waals surface area (Å²) in [6.45, 7) is 9.18. The molecule has 18 heavy (non-hydrogen) atoms. The van der Waals surface area contributed by atoms with Gasteiger partial charge in [0.2, 0.25) is 0 Å². The normalized spacial score (nSPS) is 22.3. The van der Waals surface area contributed by atoms with E-state index in [0.717, 1.165) is 13.1 Å². The van der Waals surface area contributed by atoms with E-state index in [2.05, 4.69) is 64.3 Å². The van der Waals surface area contributed by atoms with Crippen molar-refractivity contribution in [2.45, 2.75) is 25.8 Å². The van der Waals surface area contributed by atoms with Crippen molar-refractivity contribution in [3.63, 3.8) is 0 Å². The van der Waals surface area contributed by atoms with Crippen LogP contribution in [0, 0.1) is 0 Å². The fourth-order valence-corrected chi connectivity index (χ4v) is 2.90. The molecule has 1 N–H and O–H groups in total. The molecule has 0 aliphatic carbocycles.